The number of pyridine rings is 1. The van der Waals surface area contributed by atoms with Crippen LogP contribution in [0.4, 0.5) is 0 Å². The molecule has 0 fully saturated rings. The number of aromatic nitrogens is 2. The van der Waals surface area contributed by atoms with Gasteiger partial charge in [0.1, 0.15) is 23.6 Å². The molecule has 0 amide bonds. The fourth-order valence-electron chi connectivity index (χ4n) is 3.61. The van der Waals surface area contributed by atoms with Gasteiger partial charge in [-0.2, -0.15) is 5.26 Å². The number of benzene rings is 1. The van der Waals surface area contributed by atoms with Crippen molar-refractivity contribution in [1.29, 1.82) is 5.26 Å². The van der Waals surface area contributed by atoms with Crippen LogP contribution in [-0.4, -0.2) is 18.3 Å². The largest absolute Gasteiger partial charge is 0.436 e. The van der Waals surface area contributed by atoms with Gasteiger partial charge in [-0.3, -0.25) is 0 Å². The van der Waals surface area contributed by atoms with Crippen LogP contribution in [0, 0.1) is 11.3 Å². The van der Waals surface area contributed by atoms with Gasteiger partial charge in [0.25, 0.3) is 0 Å². The Morgan fingerprint density at radius 3 is 2.44 bits per heavy atom. The lowest BCUT2D eigenvalue weighted by molar-refractivity contribution is 0.139. The zero-order chi connectivity index (χ0) is 24.6. The van der Waals surface area contributed by atoms with E-state index >= 15 is 0 Å². The summed E-state index contributed by atoms with van der Waals surface area (Å²) in [7, 11) is -2.01. The second-order valence-corrected chi connectivity index (χ2v) is 15.1. The van der Waals surface area contributed by atoms with Crippen LogP contribution < -0.4 is 0 Å². The Balaban J connectivity index is 1.65. The standard InChI is InChI=1S/C28H37N3O2Si/c1-28(2,3)34(4,5)33-25(19-12-7-6-9-14-22-15-10-8-11-16-22)27-30-21-26(32-27)24-18-13-17-23(20-29)31-24/h8,10-11,13,15-18,21,25H,6-7,9,12,14,19H2,1-5H3. The minimum absolute atomic E-state index is 0.0963. The van der Waals surface area contributed by atoms with Gasteiger partial charge in [0.05, 0.1) is 6.20 Å². The quantitative estimate of drug-likeness (QED) is 0.208. The minimum Gasteiger partial charge on any atom is -0.436 e. The molecule has 0 aliphatic rings. The van der Waals surface area contributed by atoms with Gasteiger partial charge >= 0.3 is 0 Å². The molecular formula is C28H37N3O2Si. The lowest BCUT2D eigenvalue weighted by atomic mass is 10.0. The van der Waals surface area contributed by atoms with E-state index in [0.717, 1.165) is 25.7 Å². The van der Waals surface area contributed by atoms with Crippen molar-refractivity contribution in [2.75, 3.05) is 0 Å². The number of nitrogens with zero attached hydrogens (tertiary/aromatic N) is 3. The summed E-state index contributed by atoms with van der Waals surface area (Å²) in [6.45, 7) is 11.3. The number of aryl methyl sites for hydroxylation is 1. The number of hydrogen-bond acceptors (Lipinski definition) is 5. The van der Waals surface area contributed by atoms with Gasteiger partial charge in [0, 0.05) is 0 Å². The molecule has 1 aromatic carbocycles. The van der Waals surface area contributed by atoms with Crippen molar-refractivity contribution in [3.05, 3.63) is 71.9 Å². The van der Waals surface area contributed by atoms with Crippen molar-refractivity contribution in [2.24, 2.45) is 0 Å². The van der Waals surface area contributed by atoms with Crippen molar-refractivity contribution in [1.82, 2.24) is 9.97 Å². The van der Waals surface area contributed by atoms with E-state index in [9.17, 15) is 0 Å². The molecule has 0 bridgehead atoms. The lowest BCUT2D eigenvalue weighted by Gasteiger charge is -2.38. The molecule has 0 radical (unpaired) electrons. The first-order valence-corrected chi connectivity index (χ1v) is 15.2. The summed E-state index contributed by atoms with van der Waals surface area (Å²) in [6, 6.07) is 18.1. The maximum absolute atomic E-state index is 9.16. The summed E-state index contributed by atoms with van der Waals surface area (Å²) in [5, 5.41) is 9.25. The normalized spacial score (nSPS) is 12.9. The van der Waals surface area contributed by atoms with Crippen LogP contribution in [0.3, 0.4) is 0 Å². The summed E-state index contributed by atoms with van der Waals surface area (Å²) in [5.41, 5.74) is 2.38. The fourth-order valence-corrected chi connectivity index (χ4v) is 4.89. The van der Waals surface area contributed by atoms with E-state index < -0.39 is 8.32 Å². The van der Waals surface area contributed by atoms with Crippen LogP contribution in [0.2, 0.25) is 18.1 Å². The van der Waals surface area contributed by atoms with E-state index in [0.29, 0.717) is 23.0 Å². The van der Waals surface area contributed by atoms with Gasteiger partial charge in [0.2, 0.25) is 5.89 Å². The van der Waals surface area contributed by atoms with Crippen LogP contribution in [0.15, 0.2) is 59.1 Å². The topological polar surface area (TPSA) is 71.9 Å². The predicted octanol–water partition coefficient (Wildman–Crippen LogP) is 7.86. The molecule has 3 rings (SSSR count). The van der Waals surface area contributed by atoms with Gasteiger partial charge < -0.3 is 8.84 Å². The molecule has 2 aromatic heterocycles. The third-order valence-electron chi connectivity index (χ3n) is 6.68. The van der Waals surface area contributed by atoms with Gasteiger partial charge in [-0.15, -0.1) is 0 Å². The monoisotopic (exact) mass is 475 g/mol. The van der Waals surface area contributed by atoms with Gasteiger partial charge in [-0.1, -0.05) is 76.4 Å². The molecule has 0 aliphatic heterocycles. The maximum Gasteiger partial charge on any atom is 0.222 e. The second-order valence-electron chi connectivity index (χ2n) is 10.4. The smallest absolute Gasteiger partial charge is 0.222 e. The highest BCUT2D eigenvalue weighted by Gasteiger charge is 2.40. The first-order chi connectivity index (χ1) is 16.2. The molecule has 3 aromatic rings. The molecule has 0 saturated carbocycles. The zero-order valence-electron chi connectivity index (χ0n) is 21.2. The highest BCUT2D eigenvalue weighted by Crippen LogP contribution is 2.41. The summed E-state index contributed by atoms with van der Waals surface area (Å²) in [4.78, 5) is 8.92. The van der Waals surface area contributed by atoms with Crippen molar-refractivity contribution in [3.8, 4) is 17.5 Å². The molecule has 1 atom stereocenters. The van der Waals surface area contributed by atoms with E-state index in [1.54, 1.807) is 12.3 Å². The van der Waals surface area contributed by atoms with Crippen molar-refractivity contribution >= 4 is 8.32 Å². The highest BCUT2D eigenvalue weighted by molar-refractivity contribution is 6.74. The summed E-state index contributed by atoms with van der Waals surface area (Å²) >= 11 is 0. The second kappa shape index (κ2) is 11.6. The molecule has 0 N–H and O–H groups in total. The zero-order valence-corrected chi connectivity index (χ0v) is 22.2. The molecule has 6 heteroatoms. The van der Waals surface area contributed by atoms with Gasteiger partial charge in [-0.25, -0.2) is 9.97 Å². The number of rotatable bonds is 11. The summed E-state index contributed by atoms with van der Waals surface area (Å²) < 4.78 is 12.9. The maximum atomic E-state index is 9.16. The first kappa shape index (κ1) is 25.9. The molecule has 0 aliphatic carbocycles. The minimum atomic E-state index is -2.01. The summed E-state index contributed by atoms with van der Waals surface area (Å²) in [6.07, 6.45) is 8.14. The van der Waals surface area contributed by atoms with Crippen LogP contribution in [0.1, 0.15) is 76.1 Å². The van der Waals surface area contributed by atoms with Crippen molar-refractivity contribution in [3.63, 3.8) is 0 Å². The molecule has 0 saturated heterocycles. The van der Waals surface area contributed by atoms with Crippen LogP contribution in [0.5, 0.6) is 0 Å². The Labute approximate surface area is 205 Å². The van der Waals surface area contributed by atoms with Gasteiger partial charge in [0.15, 0.2) is 14.1 Å². The average molecular weight is 476 g/mol. The van der Waals surface area contributed by atoms with E-state index in [4.69, 9.17) is 14.1 Å². The molecule has 180 valence electrons. The van der Waals surface area contributed by atoms with E-state index in [2.05, 4.69) is 80.2 Å². The molecule has 1 unspecified atom stereocenters. The lowest BCUT2D eigenvalue weighted by Crippen LogP contribution is -2.41. The third-order valence-corrected chi connectivity index (χ3v) is 11.2. The Morgan fingerprint density at radius 2 is 1.74 bits per heavy atom. The SMILES string of the molecule is CC(C)(C)[Si](C)(C)OC(CCCCCCc1ccccc1)c1ncc(-c2cccc(C#N)n2)o1. The van der Waals surface area contributed by atoms with Crippen LogP contribution >= 0.6 is 0 Å². The van der Waals surface area contributed by atoms with E-state index in [1.165, 1.54) is 18.4 Å². The van der Waals surface area contributed by atoms with E-state index in [1.807, 2.05) is 12.1 Å². The van der Waals surface area contributed by atoms with Crippen LogP contribution in [-0.2, 0) is 10.8 Å². The predicted molar refractivity (Wildman–Crippen MR) is 139 cm³/mol. The Bertz CT molecular complexity index is 1080. The Hall–Kier alpha value is -2.75. The molecule has 0 spiro atoms. The number of nitriles is 1. The summed E-state index contributed by atoms with van der Waals surface area (Å²) in [5.74, 6) is 1.17. The van der Waals surface area contributed by atoms with Crippen molar-refractivity contribution < 1.29 is 8.84 Å². The van der Waals surface area contributed by atoms with Gasteiger partial charge in [-0.05, 0) is 55.1 Å². The highest BCUT2D eigenvalue weighted by atomic mass is 28.4. The number of hydrogen-bond donors (Lipinski definition) is 0. The molecule has 5 nitrogen and oxygen atoms in total. The molecular weight excluding hydrogens is 438 g/mol. The molecule has 34 heavy (non-hydrogen) atoms. The average Bonchev–Trinajstić information content (AvgIpc) is 3.31. The van der Waals surface area contributed by atoms with Crippen molar-refractivity contribution in [2.45, 2.75) is 83.5 Å². The Morgan fingerprint density at radius 1 is 1.00 bits per heavy atom. The van der Waals surface area contributed by atoms with E-state index in [-0.39, 0.29) is 11.1 Å². The number of unbranched alkanes of at least 4 members (excludes halogenated alkanes) is 3. The van der Waals surface area contributed by atoms with Crippen LogP contribution in [0.25, 0.3) is 11.5 Å². The fraction of sp³-hybridized carbons (Fsp3) is 0.464. The first-order valence-electron chi connectivity index (χ1n) is 12.2. The Kier molecular flexibility index (Phi) is 8.82. The number of oxazole rings is 1. The molecule has 2 heterocycles. The third kappa shape index (κ3) is 7.12.